The van der Waals surface area contributed by atoms with E-state index in [9.17, 15) is 8.78 Å². The molecule has 0 saturated heterocycles. The van der Waals surface area contributed by atoms with Crippen LogP contribution in [-0.4, -0.2) is 25.8 Å². The Bertz CT molecular complexity index is 268. The Balaban J connectivity index is 2.92. The maximum atomic E-state index is 12.5. The van der Waals surface area contributed by atoms with E-state index in [1.165, 1.54) is 7.05 Å². The third kappa shape index (κ3) is 1.58. The molecule has 0 fully saturated rings. The Morgan fingerprint density at radius 2 is 2.25 bits per heavy atom. The molecule has 0 amide bonds. The molecular formula is C6H9F2N3O. The quantitative estimate of drug-likeness (QED) is 0.715. The Morgan fingerprint density at radius 3 is 2.58 bits per heavy atom. The molecule has 0 aliphatic rings. The van der Waals surface area contributed by atoms with Crippen molar-refractivity contribution in [3.8, 4) is 0 Å². The van der Waals surface area contributed by atoms with Gasteiger partial charge in [0.2, 0.25) is 0 Å². The first-order valence-corrected chi connectivity index (χ1v) is 3.32. The van der Waals surface area contributed by atoms with Gasteiger partial charge >= 0.3 is 0 Å². The van der Waals surface area contributed by atoms with Gasteiger partial charge in [0.25, 0.3) is 5.92 Å². The second-order valence-corrected chi connectivity index (χ2v) is 2.60. The van der Waals surface area contributed by atoms with Crippen molar-refractivity contribution in [1.82, 2.24) is 14.8 Å². The van der Waals surface area contributed by atoms with Crippen LogP contribution in [0.25, 0.3) is 0 Å². The van der Waals surface area contributed by atoms with Gasteiger partial charge < -0.3 is 5.11 Å². The molecular weight excluding hydrogens is 168 g/mol. The van der Waals surface area contributed by atoms with Gasteiger partial charge in [0.05, 0.1) is 0 Å². The zero-order chi connectivity index (χ0) is 9.35. The number of aryl methyl sites for hydroxylation is 1. The summed E-state index contributed by atoms with van der Waals surface area (Å²) in [4.78, 5) is 3.50. The van der Waals surface area contributed by atoms with Crippen LogP contribution < -0.4 is 0 Å². The van der Waals surface area contributed by atoms with Gasteiger partial charge in [-0.2, -0.15) is 5.10 Å². The minimum absolute atomic E-state index is 0.137. The average Bonchev–Trinajstić information content (AvgIpc) is 2.31. The lowest BCUT2D eigenvalue weighted by Gasteiger charge is -2.16. The fourth-order valence-electron chi connectivity index (χ4n) is 0.779. The van der Waals surface area contributed by atoms with Crippen LogP contribution in [0.4, 0.5) is 8.78 Å². The fourth-order valence-corrected chi connectivity index (χ4v) is 0.779. The van der Waals surface area contributed by atoms with Crippen molar-refractivity contribution in [2.24, 2.45) is 7.05 Å². The number of hydrogen-bond donors (Lipinski definition) is 1. The molecule has 0 aromatic carbocycles. The Morgan fingerprint density at radius 1 is 1.67 bits per heavy atom. The van der Waals surface area contributed by atoms with Crippen molar-refractivity contribution in [1.29, 1.82) is 0 Å². The van der Waals surface area contributed by atoms with Crippen LogP contribution in [0.5, 0.6) is 0 Å². The van der Waals surface area contributed by atoms with Crippen LogP contribution in [0.1, 0.15) is 18.9 Å². The topological polar surface area (TPSA) is 50.9 Å². The molecule has 0 aliphatic heterocycles. The summed E-state index contributed by atoms with van der Waals surface area (Å²) in [6.45, 7) is 0.631. The van der Waals surface area contributed by atoms with Crippen LogP contribution >= 0.6 is 0 Å². The van der Waals surface area contributed by atoms with E-state index >= 15 is 0 Å². The summed E-state index contributed by atoms with van der Waals surface area (Å²) in [5.41, 5.74) is 0. The van der Waals surface area contributed by atoms with E-state index < -0.39 is 12.0 Å². The number of rotatable bonds is 2. The first kappa shape index (κ1) is 9.05. The molecule has 0 saturated carbocycles. The maximum Gasteiger partial charge on any atom is 0.277 e. The molecule has 1 heterocycles. The molecule has 0 radical (unpaired) electrons. The molecule has 1 aromatic heterocycles. The molecule has 0 bridgehead atoms. The van der Waals surface area contributed by atoms with Crippen LogP contribution in [0.3, 0.4) is 0 Å². The third-order valence-electron chi connectivity index (χ3n) is 1.47. The molecule has 1 unspecified atom stereocenters. The molecule has 4 nitrogen and oxygen atoms in total. The third-order valence-corrected chi connectivity index (χ3v) is 1.47. The summed E-state index contributed by atoms with van der Waals surface area (Å²) in [5.74, 6) is -3.33. The molecule has 6 heteroatoms. The van der Waals surface area contributed by atoms with Gasteiger partial charge in [-0.25, -0.2) is 13.8 Å². The second-order valence-electron chi connectivity index (χ2n) is 2.60. The highest BCUT2D eigenvalue weighted by Gasteiger charge is 2.36. The fraction of sp³-hybridized carbons (Fsp3) is 0.667. The number of nitrogens with zero attached hydrogens (tertiary/aromatic N) is 3. The van der Waals surface area contributed by atoms with Gasteiger partial charge in [0, 0.05) is 14.0 Å². The Kier molecular flexibility index (Phi) is 2.10. The monoisotopic (exact) mass is 177 g/mol. The summed E-state index contributed by atoms with van der Waals surface area (Å²) in [7, 11) is 1.44. The molecule has 1 aromatic rings. The van der Waals surface area contributed by atoms with Gasteiger partial charge in [-0.05, 0) is 0 Å². The smallest absolute Gasteiger partial charge is 0.277 e. The summed E-state index contributed by atoms with van der Waals surface area (Å²) in [5, 5.41) is 12.6. The van der Waals surface area contributed by atoms with Crippen LogP contribution in [0.2, 0.25) is 0 Å². The molecule has 68 valence electrons. The second kappa shape index (κ2) is 2.78. The number of hydrogen-bond acceptors (Lipinski definition) is 3. The zero-order valence-electron chi connectivity index (χ0n) is 6.70. The maximum absolute atomic E-state index is 12.5. The number of aliphatic hydroxyl groups is 1. The van der Waals surface area contributed by atoms with E-state index in [-0.39, 0.29) is 5.82 Å². The number of aromatic nitrogens is 3. The summed E-state index contributed by atoms with van der Waals surface area (Å²) in [6, 6.07) is 0. The van der Waals surface area contributed by atoms with Crippen molar-refractivity contribution < 1.29 is 13.9 Å². The van der Waals surface area contributed by atoms with E-state index in [1.807, 2.05) is 0 Å². The summed E-state index contributed by atoms with van der Waals surface area (Å²) in [6.07, 6.45) is -0.783. The van der Waals surface area contributed by atoms with Crippen LogP contribution in [0.15, 0.2) is 6.33 Å². The number of aliphatic hydroxyl groups excluding tert-OH is 1. The van der Waals surface area contributed by atoms with E-state index in [0.29, 0.717) is 6.92 Å². The molecule has 12 heavy (non-hydrogen) atoms. The first-order chi connectivity index (χ1) is 5.43. The Hall–Kier alpha value is -1.04. The lowest BCUT2D eigenvalue weighted by molar-refractivity contribution is -0.100. The first-order valence-electron chi connectivity index (χ1n) is 3.32. The molecule has 1 rings (SSSR count). The van der Waals surface area contributed by atoms with Gasteiger partial charge in [-0.1, -0.05) is 0 Å². The van der Waals surface area contributed by atoms with Crippen molar-refractivity contribution in [3.63, 3.8) is 0 Å². The lowest BCUT2D eigenvalue weighted by Crippen LogP contribution is -2.24. The zero-order valence-corrected chi connectivity index (χ0v) is 6.70. The van der Waals surface area contributed by atoms with E-state index in [4.69, 9.17) is 5.11 Å². The van der Waals surface area contributed by atoms with Gasteiger partial charge in [0.15, 0.2) is 11.9 Å². The lowest BCUT2D eigenvalue weighted by atomic mass is 10.2. The highest BCUT2D eigenvalue weighted by molar-refractivity contribution is 4.94. The van der Waals surface area contributed by atoms with Gasteiger partial charge in [-0.15, -0.1) is 0 Å². The van der Waals surface area contributed by atoms with Crippen molar-refractivity contribution in [3.05, 3.63) is 12.2 Å². The molecule has 1 atom stereocenters. The standard InChI is InChI=1S/C6H9F2N3O/c1-6(7,8)4(12)5-9-3-10-11(5)2/h3-4,12H,1-2H3. The average molecular weight is 177 g/mol. The highest BCUT2D eigenvalue weighted by Crippen LogP contribution is 2.28. The highest BCUT2D eigenvalue weighted by atomic mass is 19.3. The number of alkyl halides is 2. The normalized spacial score (nSPS) is 14.8. The minimum atomic E-state index is -3.19. The summed E-state index contributed by atoms with van der Waals surface area (Å²) >= 11 is 0. The van der Waals surface area contributed by atoms with E-state index in [0.717, 1.165) is 11.0 Å². The van der Waals surface area contributed by atoms with Crippen LogP contribution in [-0.2, 0) is 7.05 Å². The van der Waals surface area contributed by atoms with E-state index in [2.05, 4.69) is 10.1 Å². The van der Waals surface area contributed by atoms with Crippen molar-refractivity contribution in [2.45, 2.75) is 19.0 Å². The molecule has 0 aliphatic carbocycles. The molecule has 0 spiro atoms. The summed E-state index contributed by atoms with van der Waals surface area (Å²) < 4.78 is 26.2. The number of halogens is 2. The van der Waals surface area contributed by atoms with Crippen molar-refractivity contribution in [2.75, 3.05) is 0 Å². The largest absolute Gasteiger partial charge is 0.379 e. The minimum Gasteiger partial charge on any atom is -0.379 e. The van der Waals surface area contributed by atoms with Gasteiger partial charge in [-0.3, -0.25) is 4.68 Å². The SMILES string of the molecule is Cn1ncnc1C(O)C(C)(F)F. The van der Waals surface area contributed by atoms with Crippen molar-refractivity contribution >= 4 is 0 Å². The van der Waals surface area contributed by atoms with Gasteiger partial charge in [0.1, 0.15) is 6.33 Å². The predicted octanol–water partition coefficient (Wildman–Crippen LogP) is 0.504. The molecule has 1 N–H and O–H groups in total. The van der Waals surface area contributed by atoms with E-state index in [1.54, 1.807) is 0 Å². The predicted molar refractivity (Wildman–Crippen MR) is 36.6 cm³/mol. The Labute approximate surface area is 67.8 Å². The van der Waals surface area contributed by atoms with Crippen LogP contribution in [0, 0.1) is 0 Å².